The summed E-state index contributed by atoms with van der Waals surface area (Å²) in [5.41, 5.74) is 7.77. The number of nitrogen functional groups attached to an aromatic ring is 1. The zero-order valence-electron chi connectivity index (χ0n) is 13.0. The highest BCUT2D eigenvalue weighted by Crippen LogP contribution is 2.26. The summed E-state index contributed by atoms with van der Waals surface area (Å²) in [5, 5.41) is 8.74. The molecule has 0 atom stereocenters. The lowest BCUT2D eigenvalue weighted by Crippen LogP contribution is -2.35. The first-order valence-corrected chi connectivity index (χ1v) is 8.38. The summed E-state index contributed by atoms with van der Waals surface area (Å²) in [7, 11) is -3.64. The maximum absolute atomic E-state index is 12.9. The molecule has 1 aromatic carbocycles. The largest absolute Gasteiger partial charge is 0.399 e. The number of nitrogens with zero attached hydrogens (tertiary/aromatic N) is 2. The third-order valence-corrected chi connectivity index (χ3v) is 5.29. The van der Waals surface area contributed by atoms with Crippen LogP contribution < -0.4 is 5.73 Å². The van der Waals surface area contributed by atoms with Crippen LogP contribution in [0.2, 0.25) is 0 Å². The van der Waals surface area contributed by atoms with Crippen LogP contribution in [-0.2, 0) is 10.0 Å². The second-order valence-corrected chi connectivity index (χ2v) is 7.53. The van der Waals surface area contributed by atoms with Gasteiger partial charge in [-0.3, -0.25) is 0 Å². The molecule has 116 valence electrons. The van der Waals surface area contributed by atoms with Crippen molar-refractivity contribution in [2.45, 2.75) is 39.0 Å². The molecule has 6 heteroatoms. The van der Waals surface area contributed by atoms with Crippen LogP contribution in [0.15, 0.2) is 17.0 Å². The summed E-state index contributed by atoms with van der Waals surface area (Å²) in [6.45, 7) is 8.10. The molecule has 0 aliphatic heterocycles. The predicted octanol–water partition coefficient (Wildman–Crippen LogP) is 2.45. The molecule has 0 fully saturated rings. The van der Waals surface area contributed by atoms with Gasteiger partial charge in [0.2, 0.25) is 10.0 Å². The smallest absolute Gasteiger partial charge is 0.243 e. The molecule has 0 bridgehead atoms. The summed E-state index contributed by atoms with van der Waals surface area (Å²) >= 11 is 0. The quantitative estimate of drug-likeness (QED) is 0.818. The zero-order valence-corrected chi connectivity index (χ0v) is 13.9. The molecule has 2 N–H and O–H groups in total. The Bertz CT molecular complexity index is 646. The summed E-state index contributed by atoms with van der Waals surface area (Å²) in [5.74, 6) is 0.181. The number of aryl methyl sites for hydroxylation is 1. The average molecular weight is 309 g/mol. The van der Waals surface area contributed by atoms with Crippen molar-refractivity contribution >= 4 is 15.7 Å². The van der Waals surface area contributed by atoms with Gasteiger partial charge in [-0.25, -0.2) is 8.42 Å². The molecule has 0 saturated carbocycles. The van der Waals surface area contributed by atoms with Crippen LogP contribution in [0.1, 0.15) is 31.4 Å². The van der Waals surface area contributed by atoms with Crippen molar-refractivity contribution in [2.75, 3.05) is 18.8 Å². The maximum atomic E-state index is 12.9. The lowest BCUT2D eigenvalue weighted by atomic mass is 10.1. The van der Waals surface area contributed by atoms with E-state index in [2.05, 4.69) is 0 Å². The van der Waals surface area contributed by atoms with Crippen LogP contribution in [0.4, 0.5) is 5.69 Å². The summed E-state index contributed by atoms with van der Waals surface area (Å²) in [6.07, 6.45) is 0.173. The van der Waals surface area contributed by atoms with Crippen LogP contribution in [0.5, 0.6) is 0 Å². The summed E-state index contributed by atoms with van der Waals surface area (Å²) in [4.78, 5) is 0.235. The highest BCUT2D eigenvalue weighted by molar-refractivity contribution is 7.89. The highest BCUT2D eigenvalue weighted by atomic mass is 32.2. The molecular weight excluding hydrogens is 286 g/mol. The number of anilines is 1. The lowest BCUT2D eigenvalue weighted by molar-refractivity contribution is 0.372. The molecule has 0 aliphatic carbocycles. The van der Waals surface area contributed by atoms with E-state index in [9.17, 15) is 8.42 Å². The Morgan fingerprint density at radius 2 is 1.95 bits per heavy atom. The van der Waals surface area contributed by atoms with E-state index < -0.39 is 10.0 Å². The SMILES string of the molecule is Cc1cc(N)cc(S(=O)(=O)N(CCC#N)CC(C)C)c1C. The molecule has 0 aliphatic rings. The highest BCUT2D eigenvalue weighted by Gasteiger charge is 2.27. The molecule has 21 heavy (non-hydrogen) atoms. The molecule has 1 aromatic rings. The van der Waals surface area contributed by atoms with Gasteiger partial charge in [-0.2, -0.15) is 9.57 Å². The van der Waals surface area contributed by atoms with E-state index in [-0.39, 0.29) is 23.8 Å². The first-order valence-electron chi connectivity index (χ1n) is 6.94. The normalized spacial score (nSPS) is 11.9. The number of hydrogen-bond acceptors (Lipinski definition) is 4. The minimum Gasteiger partial charge on any atom is -0.399 e. The van der Waals surface area contributed by atoms with E-state index in [0.717, 1.165) is 5.56 Å². The van der Waals surface area contributed by atoms with Gasteiger partial charge in [-0.15, -0.1) is 0 Å². The minimum absolute atomic E-state index is 0.173. The van der Waals surface area contributed by atoms with Crippen LogP contribution in [0.3, 0.4) is 0 Å². The van der Waals surface area contributed by atoms with Gasteiger partial charge >= 0.3 is 0 Å². The fourth-order valence-corrected chi connectivity index (χ4v) is 4.09. The van der Waals surface area contributed by atoms with Crippen LogP contribution in [0.25, 0.3) is 0 Å². The first kappa shape index (κ1) is 17.5. The van der Waals surface area contributed by atoms with Gasteiger partial charge in [-0.1, -0.05) is 13.8 Å². The monoisotopic (exact) mass is 309 g/mol. The predicted molar refractivity (Wildman–Crippen MR) is 84.2 cm³/mol. The van der Waals surface area contributed by atoms with Crippen molar-refractivity contribution < 1.29 is 8.42 Å². The van der Waals surface area contributed by atoms with Gasteiger partial charge < -0.3 is 5.73 Å². The molecule has 0 aromatic heterocycles. The van der Waals surface area contributed by atoms with E-state index in [1.165, 1.54) is 10.4 Å². The number of rotatable bonds is 6. The minimum atomic E-state index is -3.64. The second kappa shape index (κ2) is 6.92. The first-order chi connectivity index (χ1) is 9.70. The Labute approximate surface area is 127 Å². The van der Waals surface area contributed by atoms with Crippen LogP contribution in [0, 0.1) is 31.1 Å². The van der Waals surface area contributed by atoms with Gasteiger partial charge in [0.1, 0.15) is 0 Å². The fraction of sp³-hybridized carbons (Fsp3) is 0.533. The Hall–Kier alpha value is -1.58. The van der Waals surface area contributed by atoms with E-state index in [4.69, 9.17) is 11.0 Å². The van der Waals surface area contributed by atoms with Crippen molar-refractivity contribution in [3.63, 3.8) is 0 Å². The molecule has 0 unspecified atom stereocenters. The van der Waals surface area contributed by atoms with Crippen molar-refractivity contribution in [2.24, 2.45) is 5.92 Å². The lowest BCUT2D eigenvalue weighted by Gasteiger charge is -2.24. The third-order valence-electron chi connectivity index (χ3n) is 3.30. The van der Waals surface area contributed by atoms with Gasteiger partial charge in [0.05, 0.1) is 11.0 Å². The third kappa shape index (κ3) is 4.19. The van der Waals surface area contributed by atoms with Crippen LogP contribution >= 0.6 is 0 Å². The Morgan fingerprint density at radius 1 is 1.33 bits per heavy atom. The Balaban J connectivity index is 3.32. The number of sulfonamides is 1. The molecular formula is C15H23N3O2S. The number of hydrogen-bond donors (Lipinski definition) is 1. The standard InChI is InChI=1S/C15H23N3O2S/c1-11(2)10-18(7-5-6-16)21(19,20)15-9-14(17)8-12(3)13(15)4/h8-9,11H,5,7,10,17H2,1-4H3. The molecule has 0 amide bonds. The number of nitrogens with two attached hydrogens (primary N) is 1. The Kier molecular flexibility index (Phi) is 5.76. The van der Waals surface area contributed by atoms with Gasteiger partial charge in [0, 0.05) is 25.2 Å². The molecule has 0 heterocycles. The van der Waals surface area contributed by atoms with Gasteiger partial charge in [0.25, 0.3) is 0 Å². The molecule has 0 saturated heterocycles. The zero-order chi connectivity index (χ0) is 16.2. The number of nitriles is 1. The van der Waals surface area contributed by atoms with E-state index in [0.29, 0.717) is 17.8 Å². The molecule has 1 rings (SSSR count). The fourth-order valence-electron chi connectivity index (χ4n) is 2.15. The topological polar surface area (TPSA) is 87.2 Å². The molecule has 5 nitrogen and oxygen atoms in total. The summed E-state index contributed by atoms with van der Waals surface area (Å²) in [6, 6.07) is 5.26. The molecule has 0 spiro atoms. The van der Waals surface area contributed by atoms with Crippen molar-refractivity contribution in [3.05, 3.63) is 23.3 Å². The maximum Gasteiger partial charge on any atom is 0.243 e. The Morgan fingerprint density at radius 3 is 2.48 bits per heavy atom. The van der Waals surface area contributed by atoms with Crippen LogP contribution in [-0.4, -0.2) is 25.8 Å². The van der Waals surface area contributed by atoms with Crippen molar-refractivity contribution in [1.82, 2.24) is 4.31 Å². The van der Waals surface area contributed by atoms with E-state index in [1.54, 1.807) is 13.0 Å². The van der Waals surface area contributed by atoms with E-state index >= 15 is 0 Å². The van der Waals surface area contributed by atoms with Crippen molar-refractivity contribution in [1.29, 1.82) is 5.26 Å². The average Bonchev–Trinajstić information content (AvgIpc) is 2.38. The van der Waals surface area contributed by atoms with Gasteiger partial charge in [0.15, 0.2) is 0 Å². The summed E-state index contributed by atoms with van der Waals surface area (Å²) < 4.78 is 27.1. The number of benzene rings is 1. The van der Waals surface area contributed by atoms with Gasteiger partial charge in [-0.05, 0) is 43.0 Å². The van der Waals surface area contributed by atoms with Crippen molar-refractivity contribution in [3.8, 4) is 6.07 Å². The second-order valence-electron chi connectivity index (χ2n) is 5.63. The molecule has 0 radical (unpaired) electrons. The van der Waals surface area contributed by atoms with E-state index in [1.807, 2.05) is 26.8 Å².